The Morgan fingerprint density at radius 1 is 1.10 bits per heavy atom. The summed E-state index contributed by atoms with van der Waals surface area (Å²) >= 11 is 0. The van der Waals surface area contributed by atoms with Crippen LogP contribution in [-0.2, 0) is 6.54 Å². The lowest BCUT2D eigenvalue weighted by atomic mass is 10.1. The average Bonchev–Trinajstić information content (AvgIpc) is 2.92. The topological polar surface area (TPSA) is 76.7 Å². The van der Waals surface area contributed by atoms with Crippen LogP contribution in [0.5, 0.6) is 0 Å². The molecule has 6 heteroatoms. The Balaban J connectivity index is 1.83. The molecule has 0 aliphatic heterocycles. The summed E-state index contributed by atoms with van der Waals surface area (Å²) in [6, 6.07) is 9.71. The molecule has 0 radical (unpaired) electrons. The number of hydrogen-bond donors (Lipinski definition) is 1. The number of rotatable bonds is 4. The summed E-state index contributed by atoms with van der Waals surface area (Å²) in [4.78, 5) is 8.46. The highest BCUT2D eigenvalue weighted by atomic mass is 16.4. The van der Waals surface area contributed by atoms with E-state index in [2.05, 4.69) is 25.5 Å². The summed E-state index contributed by atoms with van der Waals surface area (Å²) in [6.07, 6.45) is 1.76. The van der Waals surface area contributed by atoms with Crippen LogP contribution in [0.2, 0.25) is 0 Å². The maximum Gasteiger partial charge on any atom is 0.249 e. The fourth-order valence-corrected chi connectivity index (χ4v) is 2.02. The van der Waals surface area contributed by atoms with E-state index in [1.54, 1.807) is 13.1 Å². The van der Waals surface area contributed by atoms with Gasteiger partial charge in [0.15, 0.2) is 0 Å². The molecule has 3 aromatic rings. The number of nitrogens with one attached hydrogen (secondary N) is 1. The Morgan fingerprint density at radius 2 is 1.95 bits per heavy atom. The van der Waals surface area contributed by atoms with Gasteiger partial charge in [-0.15, -0.1) is 10.2 Å². The molecule has 0 saturated heterocycles. The quantitative estimate of drug-likeness (QED) is 0.792. The summed E-state index contributed by atoms with van der Waals surface area (Å²) in [5, 5.41) is 11.3. The van der Waals surface area contributed by atoms with Crippen molar-refractivity contribution < 1.29 is 4.42 Å². The summed E-state index contributed by atoms with van der Waals surface area (Å²) < 4.78 is 5.49. The SMILES string of the molecule is Cc1nccc(CNc2ccccc2-c2nnc(C)o2)n1. The van der Waals surface area contributed by atoms with Gasteiger partial charge in [-0.05, 0) is 25.1 Å². The van der Waals surface area contributed by atoms with Crippen LogP contribution in [0.4, 0.5) is 5.69 Å². The first-order valence-corrected chi connectivity index (χ1v) is 6.64. The largest absolute Gasteiger partial charge is 0.421 e. The molecule has 106 valence electrons. The molecule has 1 aromatic carbocycles. The number of anilines is 1. The lowest BCUT2D eigenvalue weighted by Gasteiger charge is -2.09. The minimum Gasteiger partial charge on any atom is -0.421 e. The molecule has 0 amide bonds. The third-order valence-corrected chi connectivity index (χ3v) is 2.98. The zero-order valence-corrected chi connectivity index (χ0v) is 11.9. The van der Waals surface area contributed by atoms with Crippen LogP contribution >= 0.6 is 0 Å². The highest BCUT2D eigenvalue weighted by molar-refractivity contribution is 5.72. The molecular formula is C15H15N5O. The van der Waals surface area contributed by atoms with Crippen molar-refractivity contribution in [1.82, 2.24) is 20.2 Å². The Kier molecular flexibility index (Phi) is 3.59. The van der Waals surface area contributed by atoms with Crippen molar-refractivity contribution in [3.05, 3.63) is 53.9 Å². The van der Waals surface area contributed by atoms with E-state index in [0.717, 1.165) is 22.8 Å². The van der Waals surface area contributed by atoms with Gasteiger partial charge < -0.3 is 9.73 Å². The predicted octanol–water partition coefficient (Wildman–Crippen LogP) is 2.76. The van der Waals surface area contributed by atoms with Crippen LogP contribution in [0, 0.1) is 13.8 Å². The molecule has 2 heterocycles. The van der Waals surface area contributed by atoms with Crippen molar-refractivity contribution in [3.8, 4) is 11.5 Å². The first-order chi connectivity index (χ1) is 10.2. The molecule has 3 rings (SSSR count). The Labute approximate surface area is 122 Å². The van der Waals surface area contributed by atoms with E-state index in [1.807, 2.05) is 37.3 Å². The van der Waals surface area contributed by atoms with Gasteiger partial charge in [0.05, 0.1) is 17.8 Å². The molecule has 0 aliphatic rings. The fraction of sp³-hybridized carbons (Fsp3) is 0.200. The molecule has 2 aromatic heterocycles. The predicted molar refractivity (Wildman–Crippen MR) is 78.6 cm³/mol. The van der Waals surface area contributed by atoms with Crippen LogP contribution in [0.25, 0.3) is 11.5 Å². The minimum absolute atomic E-state index is 0.509. The zero-order valence-electron chi connectivity index (χ0n) is 11.9. The first-order valence-electron chi connectivity index (χ1n) is 6.64. The number of nitrogens with zero attached hydrogens (tertiary/aromatic N) is 4. The van der Waals surface area contributed by atoms with Crippen LogP contribution in [-0.4, -0.2) is 20.2 Å². The van der Waals surface area contributed by atoms with Gasteiger partial charge in [0.2, 0.25) is 11.8 Å². The molecule has 0 unspecified atom stereocenters. The van der Waals surface area contributed by atoms with Gasteiger partial charge in [-0.3, -0.25) is 0 Å². The van der Waals surface area contributed by atoms with Gasteiger partial charge in [-0.2, -0.15) is 0 Å². The van der Waals surface area contributed by atoms with Gasteiger partial charge >= 0.3 is 0 Å². The first kappa shape index (κ1) is 13.2. The lowest BCUT2D eigenvalue weighted by Crippen LogP contribution is -2.04. The monoisotopic (exact) mass is 281 g/mol. The lowest BCUT2D eigenvalue weighted by molar-refractivity contribution is 0.533. The summed E-state index contributed by atoms with van der Waals surface area (Å²) in [5.41, 5.74) is 2.74. The number of aromatic nitrogens is 4. The van der Waals surface area contributed by atoms with Gasteiger partial charge in [0.1, 0.15) is 5.82 Å². The van der Waals surface area contributed by atoms with Crippen molar-refractivity contribution in [2.75, 3.05) is 5.32 Å². The smallest absolute Gasteiger partial charge is 0.249 e. The maximum absolute atomic E-state index is 5.49. The molecule has 0 bridgehead atoms. The van der Waals surface area contributed by atoms with E-state index in [9.17, 15) is 0 Å². The molecule has 0 aliphatic carbocycles. The van der Waals surface area contributed by atoms with Gasteiger partial charge in [0.25, 0.3) is 0 Å². The van der Waals surface area contributed by atoms with E-state index in [4.69, 9.17) is 4.42 Å². The Hall–Kier alpha value is -2.76. The van der Waals surface area contributed by atoms with Gasteiger partial charge in [-0.1, -0.05) is 12.1 Å². The van der Waals surface area contributed by atoms with Crippen molar-refractivity contribution in [2.45, 2.75) is 20.4 Å². The molecule has 0 saturated carbocycles. The second-order valence-electron chi connectivity index (χ2n) is 4.62. The molecule has 0 fully saturated rings. The number of aryl methyl sites for hydroxylation is 2. The second kappa shape index (κ2) is 5.70. The highest BCUT2D eigenvalue weighted by Crippen LogP contribution is 2.26. The molecular weight excluding hydrogens is 266 g/mol. The number of hydrogen-bond acceptors (Lipinski definition) is 6. The normalized spacial score (nSPS) is 10.6. The molecule has 0 atom stereocenters. The van der Waals surface area contributed by atoms with Crippen molar-refractivity contribution >= 4 is 5.69 Å². The highest BCUT2D eigenvalue weighted by Gasteiger charge is 2.10. The van der Waals surface area contributed by atoms with E-state index in [-0.39, 0.29) is 0 Å². The summed E-state index contributed by atoms with van der Waals surface area (Å²) in [6.45, 7) is 4.25. The second-order valence-corrected chi connectivity index (χ2v) is 4.62. The van der Waals surface area contributed by atoms with E-state index in [0.29, 0.717) is 18.3 Å². The third-order valence-electron chi connectivity index (χ3n) is 2.98. The number of benzene rings is 1. The minimum atomic E-state index is 0.509. The third kappa shape index (κ3) is 3.05. The molecule has 1 N–H and O–H groups in total. The van der Waals surface area contributed by atoms with Crippen molar-refractivity contribution in [2.24, 2.45) is 0 Å². The van der Waals surface area contributed by atoms with Gasteiger partial charge in [0, 0.05) is 18.8 Å². The van der Waals surface area contributed by atoms with Crippen LogP contribution in [0.1, 0.15) is 17.4 Å². The molecule has 6 nitrogen and oxygen atoms in total. The standard InChI is InChI=1S/C15H15N5O/c1-10-16-8-7-12(18-10)9-17-14-6-4-3-5-13(14)15-20-19-11(2)21-15/h3-8,17H,9H2,1-2H3. The zero-order chi connectivity index (χ0) is 14.7. The van der Waals surface area contributed by atoms with Crippen LogP contribution < -0.4 is 5.32 Å². The van der Waals surface area contributed by atoms with Gasteiger partial charge in [-0.25, -0.2) is 9.97 Å². The van der Waals surface area contributed by atoms with Crippen LogP contribution in [0.3, 0.4) is 0 Å². The molecule has 0 spiro atoms. The summed E-state index contributed by atoms with van der Waals surface area (Å²) in [5.74, 6) is 1.82. The Morgan fingerprint density at radius 3 is 2.71 bits per heavy atom. The number of para-hydroxylation sites is 1. The van der Waals surface area contributed by atoms with Crippen molar-refractivity contribution in [3.63, 3.8) is 0 Å². The van der Waals surface area contributed by atoms with Crippen molar-refractivity contribution in [1.29, 1.82) is 0 Å². The summed E-state index contributed by atoms with van der Waals surface area (Å²) in [7, 11) is 0. The Bertz CT molecular complexity index is 753. The van der Waals surface area contributed by atoms with E-state index < -0.39 is 0 Å². The maximum atomic E-state index is 5.49. The fourth-order valence-electron chi connectivity index (χ4n) is 2.02. The molecule has 21 heavy (non-hydrogen) atoms. The van der Waals surface area contributed by atoms with E-state index >= 15 is 0 Å². The average molecular weight is 281 g/mol. The van der Waals surface area contributed by atoms with Crippen LogP contribution in [0.15, 0.2) is 40.9 Å². The van der Waals surface area contributed by atoms with E-state index in [1.165, 1.54) is 0 Å².